The Kier molecular flexibility index (Phi) is 4.96. The highest BCUT2D eigenvalue weighted by atomic mass is 35.5. The number of morpholine rings is 1. The first-order chi connectivity index (χ1) is 9.10. The van der Waals surface area contributed by atoms with Crippen molar-refractivity contribution < 1.29 is 9.53 Å². The molecule has 1 aromatic carbocycles. The van der Waals surface area contributed by atoms with E-state index in [0.717, 1.165) is 4.90 Å². The Hall–Kier alpha value is -0.910. The minimum absolute atomic E-state index is 0.0851. The van der Waals surface area contributed by atoms with E-state index in [2.05, 4.69) is 5.32 Å². The zero-order chi connectivity index (χ0) is 13.8. The van der Waals surface area contributed by atoms with Crippen LogP contribution in [0, 0.1) is 0 Å². The molecule has 1 aliphatic heterocycles. The molecule has 1 atom stereocenters. The summed E-state index contributed by atoms with van der Waals surface area (Å²) in [5, 5.41) is 3.52. The summed E-state index contributed by atoms with van der Waals surface area (Å²) in [7, 11) is 0. The number of nitrogens with one attached hydrogen (secondary N) is 1. The molecular weight excluding hydrogens is 284 g/mol. The van der Waals surface area contributed by atoms with Gasteiger partial charge in [0.15, 0.2) is 0 Å². The van der Waals surface area contributed by atoms with Gasteiger partial charge in [0.05, 0.1) is 17.7 Å². The first-order valence-corrected chi connectivity index (χ1v) is 7.71. The van der Waals surface area contributed by atoms with E-state index in [9.17, 15) is 4.79 Å². The first-order valence-electron chi connectivity index (χ1n) is 6.11. The molecule has 1 heterocycles. The van der Waals surface area contributed by atoms with Gasteiger partial charge in [0.1, 0.15) is 0 Å². The number of hydrogen-bond acceptors (Lipinski definition) is 3. The van der Waals surface area contributed by atoms with Crippen molar-refractivity contribution in [2.24, 2.45) is 0 Å². The smallest absolute Gasteiger partial charge is 0.322 e. The number of anilines is 1. The van der Waals surface area contributed by atoms with E-state index >= 15 is 0 Å². The third-order valence-corrected chi connectivity index (χ3v) is 4.15. The lowest BCUT2D eigenvalue weighted by molar-refractivity contribution is -0.00138. The maximum Gasteiger partial charge on any atom is 0.322 e. The maximum absolute atomic E-state index is 12.1. The Morgan fingerprint density at radius 2 is 2.37 bits per heavy atom. The van der Waals surface area contributed by atoms with Gasteiger partial charge in [-0.3, -0.25) is 0 Å². The fourth-order valence-electron chi connectivity index (χ4n) is 1.95. The van der Waals surface area contributed by atoms with Crippen LogP contribution < -0.4 is 5.32 Å². The highest BCUT2D eigenvalue weighted by Gasteiger charge is 2.21. The van der Waals surface area contributed by atoms with Crippen LogP contribution in [0.15, 0.2) is 23.1 Å². The second kappa shape index (κ2) is 6.50. The lowest BCUT2D eigenvalue weighted by Crippen LogP contribution is -2.46. The number of benzene rings is 1. The van der Waals surface area contributed by atoms with Crippen LogP contribution in [-0.2, 0) is 4.74 Å². The van der Waals surface area contributed by atoms with Crippen molar-refractivity contribution in [3.63, 3.8) is 0 Å². The predicted octanol–water partition coefficient (Wildman–Crippen LogP) is 3.31. The molecule has 0 bridgehead atoms. The second-order valence-corrected chi connectivity index (χ2v) is 5.66. The summed E-state index contributed by atoms with van der Waals surface area (Å²) in [5.41, 5.74) is 0.715. The van der Waals surface area contributed by atoms with Crippen molar-refractivity contribution in [1.82, 2.24) is 4.90 Å². The SMILES string of the molecule is CSc1ccc(NC(=O)N2CCOC(C)C2)cc1Cl. The monoisotopic (exact) mass is 300 g/mol. The Morgan fingerprint density at radius 1 is 1.58 bits per heavy atom. The minimum Gasteiger partial charge on any atom is -0.375 e. The number of carbonyl (C=O) groups is 1. The van der Waals surface area contributed by atoms with Gasteiger partial charge in [-0.25, -0.2) is 4.79 Å². The predicted molar refractivity (Wildman–Crippen MR) is 79.2 cm³/mol. The lowest BCUT2D eigenvalue weighted by Gasteiger charge is -2.31. The van der Waals surface area contributed by atoms with Crippen LogP contribution in [0.5, 0.6) is 0 Å². The third kappa shape index (κ3) is 3.78. The van der Waals surface area contributed by atoms with E-state index in [0.29, 0.717) is 30.4 Å². The summed E-state index contributed by atoms with van der Waals surface area (Å²) in [6.07, 6.45) is 2.05. The molecule has 1 N–H and O–H groups in total. The molecule has 0 radical (unpaired) electrons. The molecule has 19 heavy (non-hydrogen) atoms. The number of urea groups is 1. The average molecular weight is 301 g/mol. The fourth-order valence-corrected chi connectivity index (χ4v) is 2.82. The number of hydrogen-bond donors (Lipinski definition) is 1. The molecule has 0 spiro atoms. The van der Waals surface area contributed by atoms with Crippen molar-refractivity contribution in [3.8, 4) is 0 Å². The topological polar surface area (TPSA) is 41.6 Å². The number of rotatable bonds is 2. The molecule has 1 aromatic rings. The van der Waals surface area contributed by atoms with Gasteiger partial charge in [-0.2, -0.15) is 0 Å². The van der Waals surface area contributed by atoms with E-state index in [1.165, 1.54) is 0 Å². The summed E-state index contributed by atoms with van der Waals surface area (Å²) in [6, 6.07) is 5.43. The van der Waals surface area contributed by atoms with E-state index in [4.69, 9.17) is 16.3 Å². The molecule has 1 unspecified atom stereocenters. The minimum atomic E-state index is -0.108. The molecule has 4 nitrogen and oxygen atoms in total. The Balaban J connectivity index is 2.00. The third-order valence-electron chi connectivity index (χ3n) is 2.93. The highest BCUT2D eigenvalue weighted by Crippen LogP contribution is 2.28. The van der Waals surface area contributed by atoms with Crippen LogP contribution >= 0.6 is 23.4 Å². The second-order valence-electron chi connectivity index (χ2n) is 4.41. The quantitative estimate of drug-likeness (QED) is 0.852. The normalized spacial score (nSPS) is 19.3. The van der Waals surface area contributed by atoms with Gasteiger partial charge in [0.25, 0.3) is 0 Å². The van der Waals surface area contributed by atoms with Gasteiger partial charge in [0, 0.05) is 23.7 Å². The fraction of sp³-hybridized carbons (Fsp3) is 0.462. The standard InChI is InChI=1S/C13H17ClN2O2S/c1-9-8-16(5-6-18-9)13(17)15-10-3-4-12(19-2)11(14)7-10/h3-4,7,9H,5-6,8H2,1-2H3,(H,15,17). The van der Waals surface area contributed by atoms with Gasteiger partial charge in [-0.15, -0.1) is 11.8 Å². The van der Waals surface area contributed by atoms with Crippen LogP contribution in [0.3, 0.4) is 0 Å². The molecule has 104 valence electrons. The molecule has 6 heteroatoms. The Bertz CT molecular complexity index is 470. The molecular formula is C13H17ClN2O2S. The Labute approximate surface area is 122 Å². The van der Waals surface area contributed by atoms with E-state index in [1.807, 2.05) is 25.3 Å². The van der Waals surface area contributed by atoms with Crippen molar-refractivity contribution in [2.45, 2.75) is 17.9 Å². The molecule has 1 aliphatic rings. The number of thioether (sulfide) groups is 1. The van der Waals surface area contributed by atoms with Crippen LogP contribution in [0.4, 0.5) is 10.5 Å². The van der Waals surface area contributed by atoms with E-state index in [-0.39, 0.29) is 12.1 Å². The van der Waals surface area contributed by atoms with E-state index < -0.39 is 0 Å². The summed E-state index contributed by atoms with van der Waals surface area (Å²) >= 11 is 7.70. The van der Waals surface area contributed by atoms with Gasteiger partial charge in [-0.1, -0.05) is 11.6 Å². The number of amides is 2. The van der Waals surface area contributed by atoms with Gasteiger partial charge >= 0.3 is 6.03 Å². The van der Waals surface area contributed by atoms with Gasteiger partial charge in [-0.05, 0) is 31.4 Å². The summed E-state index contributed by atoms with van der Waals surface area (Å²) in [5.74, 6) is 0. The zero-order valence-electron chi connectivity index (χ0n) is 11.0. The Morgan fingerprint density at radius 3 is 3.00 bits per heavy atom. The molecule has 0 aliphatic carbocycles. The van der Waals surface area contributed by atoms with Crippen LogP contribution in [-0.4, -0.2) is 43.0 Å². The molecule has 1 fully saturated rings. The van der Waals surface area contributed by atoms with Crippen molar-refractivity contribution in [2.75, 3.05) is 31.3 Å². The average Bonchev–Trinajstić information content (AvgIpc) is 2.39. The van der Waals surface area contributed by atoms with E-state index in [1.54, 1.807) is 22.7 Å². The van der Waals surface area contributed by atoms with Gasteiger partial charge < -0.3 is 15.0 Å². The number of nitrogens with zero attached hydrogens (tertiary/aromatic N) is 1. The number of halogens is 1. The van der Waals surface area contributed by atoms with Crippen molar-refractivity contribution in [3.05, 3.63) is 23.2 Å². The first kappa shape index (κ1) is 14.5. The molecule has 2 rings (SSSR count). The lowest BCUT2D eigenvalue weighted by atomic mass is 10.3. The molecule has 1 saturated heterocycles. The summed E-state index contributed by atoms with van der Waals surface area (Å²) < 4.78 is 5.41. The molecule has 0 aromatic heterocycles. The zero-order valence-corrected chi connectivity index (χ0v) is 12.6. The summed E-state index contributed by atoms with van der Waals surface area (Å²) in [4.78, 5) is 14.8. The van der Waals surface area contributed by atoms with Crippen LogP contribution in [0.2, 0.25) is 5.02 Å². The molecule has 0 saturated carbocycles. The maximum atomic E-state index is 12.1. The number of ether oxygens (including phenoxy) is 1. The summed E-state index contributed by atoms with van der Waals surface area (Å²) in [6.45, 7) is 3.78. The number of carbonyl (C=O) groups excluding carboxylic acids is 1. The van der Waals surface area contributed by atoms with Crippen LogP contribution in [0.1, 0.15) is 6.92 Å². The van der Waals surface area contributed by atoms with Crippen molar-refractivity contribution in [1.29, 1.82) is 0 Å². The van der Waals surface area contributed by atoms with Crippen molar-refractivity contribution >= 4 is 35.1 Å². The van der Waals surface area contributed by atoms with Gasteiger partial charge in [0.2, 0.25) is 0 Å². The molecule has 2 amide bonds. The highest BCUT2D eigenvalue weighted by molar-refractivity contribution is 7.98. The van der Waals surface area contributed by atoms with Crippen LogP contribution in [0.25, 0.3) is 0 Å². The largest absolute Gasteiger partial charge is 0.375 e.